The van der Waals surface area contributed by atoms with Crippen molar-refractivity contribution >= 4 is 27.3 Å². The highest BCUT2D eigenvalue weighted by Gasteiger charge is 2.29. The highest BCUT2D eigenvalue weighted by Crippen LogP contribution is 2.28. The molecule has 1 N–H and O–H groups in total. The lowest BCUT2D eigenvalue weighted by Gasteiger charge is -2.25. The number of ether oxygens (including phenoxy) is 1. The maximum atomic E-state index is 14.6. The van der Waals surface area contributed by atoms with Gasteiger partial charge in [-0.25, -0.2) is 12.8 Å². The van der Waals surface area contributed by atoms with Crippen molar-refractivity contribution < 1.29 is 22.3 Å². The third-order valence-corrected chi connectivity index (χ3v) is 6.77. The summed E-state index contributed by atoms with van der Waals surface area (Å²) in [6.07, 6.45) is 0. The molecule has 0 saturated heterocycles. The lowest BCUT2D eigenvalue weighted by Crippen LogP contribution is -2.38. The van der Waals surface area contributed by atoms with E-state index in [0.29, 0.717) is 11.4 Å². The Morgan fingerprint density at radius 3 is 2.16 bits per heavy atom. The number of anilines is 2. The number of carbonyl (C=O) groups excluding carboxylic acids is 1. The van der Waals surface area contributed by atoms with Crippen molar-refractivity contribution in [3.05, 3.63) is 83.2 Å². The van der Waals surface area contributed by atoms with Crippen LogP contribution in [0.1, 0.15) is 16.7 Å². The topological polar surface area (TPSA) is 75.7 Å². The Hall–Kier alpha value is -3.39. The molecule has 0 atom stereocenters. The number of carbonyl (C=O) groups is 1. The second kappa shape index (κ2) is 9.40. The first-order valence-corrected chi connectivity index (χ1v) is 11.4. The van der Waals surface area contributed by atoms with Crippen molar-refractivity contribution in [2.24, 2.45) is 0 Å². The fourth-order valence-electron chi connectivity index (χ4n) is 3.52. The van der Waals surface area contributed by atoms with E-state index in [4.69, 9.17) is 4.74 Å². The van der Waals surface area contributed by atoms with Gasteiger partial charge in [0, 0.05) is 5.69 Å². The van der Waals surface area contributed by atoms with Crippen molar-refractivity contribution in [1.82, 2.24) is 0 Å². The second-order valence-electron chi connectivity index (χ2n) is 7.46. The van der Waals surface area contributed by atoms with Gasteiger partial charge in [0.2, 0.25) is 5.91 Å². The molecule has 0 bridgehead atoms. The molecule has 1 amide bonds. The smallest absolute Gasteiger partial charge is 0.264 e. The van der Waals surface area contributed by atoms with Crippen LogP contribution in [0.3, 0.4) is 0 Å². The Balaban J connectivity index is 1.99. The van der Waals surface area contributed by atoms with Gasteiger partial charge in [-0.05, 0) is 68.3 Å². The summed E-state index contributed by atoms with van der Waals surface area (Å²) in [5, 5.41) is 2.78. The Labute approximate surface area is 187 Å². The molecule has 0 heterocycles. The van der Waals surface area contributed by atoms with E-state index in [2.05, 4.69) is 5.32 Å². The van der Waals surface area contributed by atoms with Gasteiger partial charge in [-0.2, -0.15) is 0 Å². The fraction of sp³-hybridized carbons (Fsp3) is 0.208. The van der Waals surface area contributed by atoms with Crippen LogP contribution in [0.5, 0.6) is 5.75 Å². The van der Waals surface area contributed by atoms with E-state index in [1.54, 1.807) is 0 Å². The van der Waals surface area contributed by atoms with E-state index >= 15 is 0 Å². The van der Waals surface area contributed by atoms with Crippen LogP contribution in [0.15, 0.2) is 65.6 Å². The van der Waals surface area contributed by atoms with Crippen molar-refractivity contribution in [2.45, 2.75) is 25.7 Å². The van der Waals surface area contributed by atoms with E-state index in [1.165, 1.54) is 49.6 Å². The molecule has 8 heteroatoms. The van der Waals surface area contributed by atoms with Gasteiger partial charge in [0.25, 0.3) is 10.0 Å². The van der Waals surface area contributed by atoms with Gasteiger partial charge in [-0.15, -0.1) is 0 Å². The lowest BCUT2D eigenvalue weighted by molar-refractivity contribution is -0.114. The molecule has 6 nitrogen and oxygen atoms in total. The van der Waals surface area contributed by atoms with Crippen molar-refractivity contribution in [3.8, 4) is 5.75 Å². The van der Waals surface area contributed by atoms with E-state index in [9.17, 15) is 17.6 Å². The zero-order chi connectivity index (χ0) is 23.5. The van der Waals surface area contributed by atoms with Gasteiger partial charge < -0.3 is 10.1 Å². The highest BCUT2D eigenvalue weighted by molar-refractivity contribution is 7.92. The Kier molecular flexibility index (Phi) is 6.84. The van der Waals surface area contributed by atoms with E-state index in [-0.39, 0.29) is 10.6 Å². The Morgan fingerprint density at radius 1 is 1.00 bits per heavy atom. The van der Waals surface area contributed by atoms with Gasteiger partial charge in [-0.1, -0.05) is 29.8 Å². The summed E-state index contributed by atoms with van der Waals surface area (Å²) in [5.41, 5.74) is 3.15. The summed E-state index contributed by atoms with van der Waals surface area (Å²) in [6.45, 7) is 5.08. The molecule has 168 valence electrons. The van der Waals surface area contributed by atoms with Gasteiger partial charge in [0.15, 0.2) is 0 Å². The second-order valence-corrected chi connectivity index (χ2v) is 9.32. The lowest BCUT2D eigenvalue weighted by atomic mass is 10.1. The van der Waals surface area contributed by atoms with E-state index in [0.717, 1.165) is 27.1 Å². The predicted molar refractivity (Wildman–Crippen MR) is 123 cm³/mol. The molecule has 0 aliphatic rings. The molecule has 0 spiro atoms. The first-order valence-electron chi connectivity index (χ1n) is 9.92. The van der Waals surface area contributed by atoms with E-state index in [1.807, 2.05) is 32.9 Å². The number of sulfonamides is 1. The van der Waals surface area contributed by atoms with Crippen molar-refractivity contribution in [2.75, 3.05) is 23.3 Å². The normalized spacial score (nSPS) is 11.2. The van der Waals surface area contributed by atoms with Gasteiger partial charge in [0.1, 0.15) is 18.1 Å². The molecule has 3 rings (SSSR count). The molecule has 0 unspecified atom stereocenters. The standard InChI is InChI=1S/C24H25FN2O4S/c1-16-13-17(2)24(18(3)14-16)26-23(28)15-27(22-8-6-5-7-21(22)25)32(29,30)20-11-9-19(31-4)10-12-20/h5-14H,15H2,1-4H3,(H,26,28). The van der Waals surface area contributed by atoms with Crippen LogP contribution in [0.25, 0.3) is 0 Å². The van der Waals surface area contributed by atoms with Crippen LogP contribution >= 0.6 is 0 Å². The predicted octanol–water partition coefficient (Wildman–Crippen LogP) is 4.59. The zero-order valence-electron chi connectivity index (χ0n) is 18.3. The van der Waals surface area contributed by atoms with Crippen LogP contribution < -0.4 is 14.4 Å². The maximum absolute atomic E-state index is 14.6. The largest absolute Gasteiger partial charge is 0.497 e. The van der Waals surface area contributed by atoms with Crippen LogP contribution in [-0.4, -0.2) is 28.0 Å². The molecule has 32 heavy (non-hydrogen) atoms. The minimum Gasteiger partial charge on any atom is -0.497 e. The SMILES string of the molecule is COc1ccc(S(=O)(=O)N(CC(=O)Nc2c(C)cc(C)cc2C)c2ccccc2F)cc1. The Morgan fingerprint density at radius 2 is 1.59 bits per heavy atom. The maximum Gasteiger partial charge on any atom is 0.264 e. The molecule has 0 aromatic heterocycles. The quantitative estimate of drug-likeness (QED) is 0.564. The number of methoxy groups -OCH3 is 1. The third-order valence-electron chi connectivity index (χ3n) is 5.00. The van der Waals surface area contributed by atoms with Crippen LogP contribution in [-0.2, 0) is 14.8 Å². The highest BCUT2D eigenvalue weighted by atomic mass is 32.2. The van der Waals surface area contributed by atoms with E-state index < -0.39 is 28.3 Å². The van der Waals surface area contributed by atoms with Gasteiger partial charge in [0.05, 0.1) is 17.7 Å². The summed E-state index contributed by atoms with van der Waals surface area (Å²) in [6, 6.07) is 15.0. The number of nitrogens with zero attached hydrogens (tertiary/aromatic N) is 1. The molecule has 0 saturated carbocycles. The molecule has 0 aliphatic carbocycles. The fourth-order valence-corrected chi connectivity index (χ4v) is 4.94. The number of amides is 1. The molecular weight excluding hydrogens is 431 g/mol. The van der Waals surface area contributed by atoms with Crippen molar-refractivity contribution in [1.29, 1.82) is 0 Å². The average molecular weight is 457 g/mol. The first kappa shape index (κ1) is 23.3. The molecule has 3 aromatic carbocycles. The summed E-state index contributed by atoms with van der Waals surface area (Å²) in [5.74, 6) is -0.857. The number of hydrogen-bond donors (Lipinski definition) is 1. The zero-order valence-corrected chi connectivity index (χ0v) is 19.2. The minimum atomic E-state index is -4.24. The summed E-state index contributed by atoms with van der Waals surface area (Å²) >= 11 is 0. The third kappa shape index (κ3) is 4.91. The van der Waals surface area contributed by atoms with Crippen LogP contribution in [0, 0.1) is 26.6 Å². The number of hydrogen-bond acceptors (Lipinski definition) is 4. The number of para-hydroxylation sites is 1. The van der Waals surface area contributed by atoms with Crippen LogP contribution in [0.4, 0.5) is 15.8 Å². The molecule has 3 aromatic rings. The molecular formula is C24H25FN2O4S. The average Bonchev–Trinajstić information content (AvgIpc) is 2.75. The monoisotopic (exact) mass is 456 g/mol. The Bertz CT molecular complexity index is 1220. The number of aryl methyl sites for hydroxylation is 3. The summed E-state index contributed by atoms with van der Waals surface area (Å²) in [4.78, 5) is 12.8. The number of halogens is 1. The first-order chi connectivity index (χ1) is 15.1. The number of benzene rings is 3. The summed E-state index contributed by atoms with van der Waals surface area (Å²) in [7, 11) is -2.77. The van der Waals surface area contributed by atoms with Crippen LogP contribution in [0.2, 0.25) is 0 Å². The molecule has 0 fully saturated rings. The van der Waals surface area contributed by atoms with Gasteiger partial charge >= 0.3 is 0 Å². The summed E-state index contributed by atoms with van der Waals surface area (Å²) < 4.78 is 47.2. The number of rotatable bonds is 7. The molecule has 0 aliphatic heterocycles. The molecule has 0 radical (unpaired) electrons. The van der Waals surface area contributed by atoms with Gasteiger partial charge in [-0.3, -0.25) is 9.10 Å². The van der Waals surface area contributed by atoms with Crippen molar-refractivity contribution in [3.63, 3.8) is 0 Å². The minimum absolute atomic E-state index is 0.0861. The number of nitrogens with one attached hydrogen (secondary N) is 1.